The second kappa shape index (κ2) is 9.14. The Kier molecular flexibility index (Phi) is 7.18. The highest BCUT2D eigenvalue weighted by molar-refractivity contribution is 7.89. The van der Waals surface area contributed by atoms with Crippen LogP contribution in [0.5, 0.6) is 5.75 Å². The SMILES string of the molecule is CCOC(=O)C1Cc2cc(S(=O)(=O)NCCNCCOC)ccc2O1. The van der Waals surface area contributed by atoms with E-state index in [0.717, 1.165) is 0 Å². The highest BCUT2D eigenvalue weighted by Gasteiger charge is 2.31. The van der Waals surface area contributed by atoms with Crippen molar-refractivity contribution in [2.75, 3.05) is 40.0 Å². The number of sulfonamides is 1. The van der Waals surface area contributed by atoms with Crippen molar-refractivity contribution in [1.29, 1.82) is 0 Å². The predicted molar refractivity (Wildman–Crippen MR) is 91.1 cm³/mol. The Morgan fingerprint density at radius 1 is 1.32 bits per heavy atom. The summed E-state index contributed by atoms with van der Waals surface area (Å²) in [6.45, 7) is 3.99. The van der Waals surface area contributed by atoms with E-state index >= 15 is 0 Å². The fraction of sp³-hybridized carbons (Fsp3) is 0.562. The van der Waals surface area contributed by atoms with Gasteiger partial charge in [-0.05, 0) is 30.7 Å². The van der Waals surface area contributed by atoms with Crippen LogP contribution < -0.4 is 14.8 Å². The lowest BCUT2D eigenvalue weighted by Gasteiger charge is -2.09. The molecule has 0 fully saturated rings. The van der Waals surface area contributed by atoms with Gasteiger partial charge in [0.25, 0.3) is 0 Å². The number of fused-ring (bicyclic) bond motifs is 1. The molecule has 2 rings (SSSR count). The van der Waals surface area contributed by atoms with E-state index in [1.807, 2.05) is 0 Å². The summed E-state index contributed by atoms with van der Waals surface area (Å²) in [5, 5.41) is 3.06. The molecule has 0 saturated heterocycles. The molecule has 0 saturated carbocycles. The number of esters is 1. The number of benzene rings is 1. The van der Waals surface area contributed by atoms with Gasteiger partial charge in [-0.25, -0.2) is 17.9 Å². The Labute approximate surface area is 147 Å². The summed E-state index contributed by atoms with van der Waals surface area (Å²) in [4.78, 5) is 11.9. The topological polar surface area (TPSA) is 103 Å². The van der Waals surface area contributed by atoms with Gasteiger partial charge in [0.2, 0.25) is 10.0 Å². The van der Waals surface area contributed by atoms with Crippen LogP contribution in [-0.4, -0.2) is 60.4 Å². The number of rotatable bonds is 10. The van der Waals surface area contributed by atoms with Crippen LogP contribution in [0.4, 0.5) is 0 Å². The maximum Gasteiger partial charge on any atom is 0.347 e. The first-order valence-corrected chi connectivity index (χ1v) is 9.61. The lowest BCUT2D eigenvalue weighted by molar-refractivity contribution is -0.150. The zero-order chi connectivity index (χ0) is 18.3. The lowest BCUT2D eigenvalue weighted by Crippen LogP contribution is -2.33. The number of nitrogens with one attached hydrogen (secondary N) is 2. The smallest absolute Gasteiger partial charge is 0.347 e. The fourth-order valence-electron chi connectivity index (χ4n) is 2.42. The van der Waals surface area contributed by atoms with Crippen LogP contribution in [0.3, 0.4) is 0 Å². The molecule has 1 aromatic rings. The lowest BCUT2D eigenvalue weighted by atomic mass is 10.1. The molecule has 0 amide bonds. The largest absolute Gasteiger partial charge is 0.478 e. The number of hydrogen-bond donors (Lipinski definition) is 2. The van der Waals surface area contributed by atoms with Crippen molar-refractivity contribution in [1.82, 2.24) is 10.0 Å². The summed E-state index contributed by atoms with van der Waals surface area (Å²) in [5.41, 5.74) is 0.680. The van der Waals surface area contributed by atoms with E-state index in [0.29, 0.717) is 37.4 Å². The number of carbonyl (C=O) groups excluding carboxylic acids is 1. The van der Waals surface area contributed by atoms with E-state index in [1.165, 1.54) is 12.1 Å². The Bertz CT molecular complexity index is 692. The molecule has 0 spiro atoms. The van der Waals surface area contributed by atoms with Crippen LogP contribution in [-0.2, 0) is 30.7 Å². The quantitative estimate of drug-likeness (QED) is 0.442. The van der Waals surface area contributed by atoms with Gasteiger partial charge in [0, 0.05) is 33.2 Å². The highest BCUT2D eigenvalue weighted by Crippen LogP contribution is 2.31. The van der Waals surface area contributed by atoms with E-state index in [9.17, 15) is 13.2 Å². The van der Waals surface area contributed by atoms with Crippen LogP contribution >= 0.6 is 0 Å². The van der Waals surface area contributed by atoms with Crippen LogP contribution in [0.1, 0.15) is 12.5 Å². The van der Waals surface area contributed by atoms with Crippen molar-refractivity contribution in [2.24, 2.45) is 0 Å². The minimum absolute atomic E-state index is 0.149. The van der Waals surface area contributed by atoms with E-state index in [-0.39, 0.29) is 18.0 Å². The van der Waals surface area contributed by atoms with Crippen LogP contribution in [0.2, 0.25) is 0 Å². The van der Waals surface area contributed by atoms with Crippen molar-refractivity contribution in [3.05, 3.63) is 23.8 Å². The van der Waals surface area contributed by atoms with Crippen LogP contribution in [0.25, 0.3) is 0 Å². The number of methoxy groups -OCH3 is 1. The van der Waals surface area contributed by atoms with Gasteiger partial charge in [-0.2, -0.15) is 0 Å². The number of carbonyl (C=O) groups is 1. The molecule has 0 aliphatic carbocycles. The molecule has 1 aliphatic heterocycles. The van der Waals surface area contributed by atoms with Crippen LogP contribution in [0.15, 0.2) is 23.1 Å². The third-order valence-corrected chi connectivity index (χ3v) is 5.10. The molecule has 8 nitrogen and oxygen atoms in total. The average Bonchev–Trinajstić information content (AvgIpc) is 3.01. The third kappa shape index (κ3) is 5.40. The third-order valence-electron chi connectivity index (χ3n) is 3.64. The molecule has 1 unspecified atom stereocenters. The summed E-state index contributed by atoms with van der Waals surface area (Å²) in [6, 6.07) is 4.57. The number of ether oxygens (including phenoxy) is 3. The van der Waals surface area contributed by atoms with Gasteiger partial charge in [0.1, 0.15) is 5.75 Å². The van der Waals surface area contributed by atoms with Gasteiger partial charge in [-0.1, -0.05) is 0 Å². The Morgan fingerprint density at radius 3 is 2.84 bits per heavy atom. The van der Waals surface area contributed by atoms with E-state index in [2.05, 4.69) is 10.0 Å². The van der Waals surface area contributed by atoms with Crippen LogP contribution in [0, 0.1) is 0 Å². The van der Waals surface area contributed by atoms with E-state index in [4.69, 9.17) is 14.2 Å². The fourth-order valence-corrected chi connectivity index (χ4v) is 3.50. The highest BCUT2D eigenvalue weighted by atomic mass is 32.2. The molecule has 2 N–H and O–H groups in total. The molecule has 140 valence electrons. The van der Waals surface area contributed by atoms with Crippen molar-refractivity contribution in [3.63, 3.8) is 0 Å². The first kappa shape index (κ1) is 19.6. The molecular formula is C16H24N2O6S. The second-order valence-corrected chi connectivity index (χ2v) is 7.24. The van der Waals surface area contributed by atoms with Crippen molar-refractivity contribution >= 4 is 16.0 Å². The van der Waals surface area contributed by atoms with Gasteiger partial charge in [-0.3, -0.25) is 0 Å². The van der Waals surface area contributed by atoms with Gasteiger partial charge in [0.05, 0.1) is 18.1 Å². The summed E-state index contributed by atoms with van der Waals surface area (Å²) in [7, 11) is -2.01. The van der Waals surface area contributed by atoms with E-state index < -0.39 is 22.1 Å². The molecular weight excluding hydrogens is 348 g/mol. The van der Waals surface area contributed by atoms with Gasteiger partial charge < -0.3 is 19.5 Å². The summed E-state index contributed by atoms with van der Waals surface area (Å²) < 4.78 is 42.6. The Morgan fingerprint density at radius 2 is 2.12 bits per heavy atom. The standard InChI is InChI=1S/C16H24N2O6S/c1-3-23-16(19)15-11-12-10-13(4-5-14(12)24-15)25(20,21)18-7-6-17-8-9-22-2/h4-5,10,15,17-18H,3,6-9,11H2,1-2H3. The maximum absolute atomic E-state index is 12.3. The van der Waals surface area contributed by atoms with Gasteiger partial charge >= 0.3 is 5.97 Å². The monoisotopic (exact) mass is 372 g/mol. The maximum atomic E-state index is 12.3. The molecule has 25 heavy (non-hydrogen) atoms. The summed E-state index contributed by atoms with van der Waals surface area (Å²) in [5.74, 6) is 0.0709. The molecule has 9 heteroatoms. The first-order valence-electron chi connectivity index (χ1n) is 8.13. The zero-order valence-corrected chi connectivity index (χ0v) is 15.2. The first-order chi connectivity index (χ1) is 12.0. The molecule has 0 radical (unpaired) electrons. The molecule has 1 heterocycles. The van der Waals surface area contributed by atoms with Crippen molar-refractivity contribution < 1.29 is 27.4 Å². The number of hydrogen-bond acceptors (Lipinski definition) is 7. The Hall–Kier alpha value is -1.68. The molecule has 1 aliphatic rings. The molecule has 1 atom stereocenters. The molecule has 0 bridgehead atoms. The minimum Gasteiger partial charge on any atom is -0.478 e. The molecule has 1 aromatic carbocycles. The summed E-state index contributed by atoms with van der Waals surface area (Å²) >= 11 is 0. The van der Waals surface area contributed by atoms with Crippen molar-refractivity contribution in [2.45, 2.75) is 24.3 Å². The average molecular weight is 372 g/mol. The summed E-state index contributed by atoms with van der Waals surface area (Å²) in [6.07, 6.45) is -0.415. The van der Waals surface area contributed by atoms with E-state index in [1.54, 1.807) is 20.1 Å². The predicted octanol–water partition coefficient (Wildman–Crippen LogP) is 0.0675. The Balaban J connectivity index is 1.93. The van der Waals surface area contributed by atoms with Gasteiger partial charge in [0.15, 0.2) is 6.10 Å². The normalized spacial score (nSPS) is 16.3. The molecule has 0 aromatic heterocycles. The second-order valence-electron chi connectivity index (χ2n) is 5.47. The van der Waals surface area contributed by atoms with Gasteiger partial charge in [-0.15, -0.1) is 0 Å². The zero-order valence-electron chi connectivity index (χ0n) is 14.4. The van der Waals surface area contributed by atoms with Crippen molar-refractivity contribution in [3.8, 4) is 5.75 Å². The minimum atomic E-state index is -3.62.